The second-order valence-electron chi connectivity index (χ2n) is 3.89. The number of tetrazole rings is 1. The second-order valence-corrected chi connectivity index (χ2v) is 3.89. The number of nitrogens with two attached hydrogens (primary N) is 1. The molecule has 2 unspecified atom stereocenters. The summed E-state index contributed by atoms with van der Waals surface area (Å²) in [7, 11) is 0. The lowest BCUT2D eigenvalue weighted by Gasteiger charge is -2.16. The summed E-state index contributed by atoms with van der Waals surface area (Å²) in [4.78, 5) is 13.5. The van der Waals surface area contributed by atoms with Gasteiger partial charge in [0.05, 0.1) is 0 Å². The molecule has 82 valence electrons. The van der Waals surface area contributed by atoms with E-state index < -0.39 is 0 Å². The van der Waals surface area contributed by atoms with E-state index in [4.69, 9.17) is 5.73 Å². The van der Waals surface area contributed by atoms with Crippen molar-refractivity contribution in [2.75, 3.05) is 13.1 Å². The molecule has 0 saturated carbocycles. The van der Waals surface area contributed by atoms with Crippen molar-refractivity contribution in [2.24, 2.45) is 11.7 Å². The second kappa shape index (κ2) is 3.93. The molecule has 3 N–H and O–H groups in total. The van der Waals surface area contributed by atoms with Crippen LogP contribution in [0.4, 0.5) is 0 Å². The van der Waals surface area contributed by atoms with Crippen LogP contribution in [0.25, 0.3) is 0 Å². The summed E-state index contributed by atoms with van der Waals surface area (Å²) < 4.78 is 0. The smallest absolute Gasteiger partial charge is 0.295 e. The molecule has 1 aliphatic rings. The Balaban J connectivity index is 1.99. The molecule has 15 heavy (non-hydrogen) atoms. The minimum Gasteiger partial charge on any atom is -0.335 e. The Morgan fingerprint density at radius 3 is 3.07 bits per heavy atom. The van der Waals surface area contributed by atoms with Crippen molar-refractivity contribution in [1.29, 1.82) is 0 Å². The summed E-state index contributed by atoms with van der Waals surface area (Å²) >= 11 is 0. The number of hydrogen-bond donors (Lipinski definition) is 2. The van der Waals surface area contributed by atoms with E-state index in [1.165, 1.54) is 0 Å². The lowest BCUT2D eigenvalue weighted by atomic mass is 10.0. The predicted molar refractivity (Wildman–Crippen MR) is 51.8 cm³/mol. The monoisotopic (exact) mass is 210 g/mol. The van der Waals surface area contributed by atoms with E-state index in [1.54, 1.807) is 4.90 Å². The van der Waals surface area contributed by atoms with E-state index in [1.807, 2.05) is 6.92 Å². The molecule has 1 aromatic rings. The van der Waals surface area contributed by atoms with Crippen LogP contribution in [0.5, 0.6) is 0 Å². The fourth-order valence-corrected chi connectivity index (χ4v) is 1.79. The first-order valence-electron chi connectivity index (χ1n) is 4.97. The van der Waals surface area contributed by atoms with Gasteiger partial charge >= 0.3 is 0 Å². The van der Waals surface area contributed by atoms with Gasteiger partial charge in [0.15, 0.2) is 0 Å². The van der Waals surface area contributed by atoms with Crippen LogP contribution < -0.4 is 5.73 Å². The van der Waals surface area contributed by atoms with Gasteiger partial charge in [0.2, 0.25) is 0 Å². The first kappa shape index (κ1) is 10.0. The molecule has 0 spiro atoms. The standard InChI is InChI=1S/C8H14N6O/c1-5(9)6-2-3-14(4-6)8(15)7-10-12-13-11-7/h5-6H,2-4,9H2,1H3,(H,10,11,12,13). The highest BCUT2D eigenvalue weighted by Crippen LogP contribution is 2.19. The minimum atomic E-state index is -0.174. The lowest BCUT2D eigenvalue weighted by Crippen LogP contribution is -2.33. The van der Waals surface area contributed by atoms with Crippen molar-refractivity contribution in [3.05, 3.63) is 5.82 Å². The van der Waals surface area contributed by atoms with Crippen molar-refractivity contribution in [3.8, 4) is 0 Å². The van der Waals surface area contributed by atoms with Gasteiger partial charge in [-0.3, -0.25) is 4.79 Å². The fourth-order valence-electron chi connectivity index (χ4n) is 1.79. The van der Waals surface area contributed by atoms with E-state index in [-0.39, 0.29) is 17.8 Å². The van der Waals surface area contributed by atoms with Gasteiger partial charge in [-0.1, -0.05) is 0 Å². The zero-order chi connectivity index (χ0) is 10.8. The normalized spacial score (nSPS) is 23.1. The Morgan fingerprint density at radius 1 is 1.73 bits per heavy atom. The minimum absolute atomic E-state index is 0.119. The van der Waals surface area contributed by atoms with Crippen LogP contribution in [-0.4, -0.2) is 50.6 Å². The maximum absolute atomic E-state index is 11.8. The number of nitrogens with one attached hydrogen (secondary N) is 1. The van der Waals surface area contributed by atoms with Crippen molar-refractivity contribution in [2.45, 2.75) is 19.4 Å². The van der Waals surface area contributed by atoms with Crippen LogP contribution in [-0.2, 0) is 0 Å². The summed E-state index contributed by atoms with van der Waals surface area (Å²) in [5.74, 6) is 0.327. The highest BCUT2D eigenvalue weighted by atomic mass is 16.2. The van der Waals surface area contributed by atoms with Crippen LogP contribution in [0, 0.1) is 5.92 Å². The molecular weight excluding hydrogens is 196 g/mol. The van der Waals surface area contributed by atoms with Gasteiger partial charge < -0.3 is 10.6 Å². The first-order valence-corrected chi connectivity index (χ1v) is 4.97. The molecule has 7 nitrogen and oxygen atoms in total. The molecule has 2 atom stereocenters. The van der Waals surface area contributed by atoms with Crippen molar-refractivity contribution < 1.29 is 4.79 Å². The predicted octanol–water partition coefficient (Wildman–Crippen LogP) is -0.991. The van der Waals surface area contributed by atoms with Crippen molar-refractivity contribution >= 4 is 5.91 Å². The van der Waals surface area contributed by atoms with Crippen LogP contribution >= 0.6 is 0 Å². The van der Waals surface area contributed by atoms with Gasteiger partial charge in [0.25, 0.3) is 11.7 Å². The molecule has 2 rings (SSSR count). The molecule has 0 aliphatic carbocycles. The van der Waals surface area contributed by atoms with E-state index in [0.29, 0.717) is 12.5 Å². The van der Waals surface area contributed by atoms with Crippen molar-refractivity contribution in [3.63, 3.8) is 0 Å². The number of aromatic nitrogens is 4. The molecule has 0 aromatic carbocycles. The summed E-state index contributed by atoms with van der Waals surface area (Å²) in [6.45, 7) is 3.37. The number of H-pyrrole nitrogens is 1. The molecule has 1 amide bonds. The van der Waals surface area contributed by atoms with E-state index in [9.17, 15) is 4.79 Å². The number of carbonyl (C=O) groups excluding carboxylic acids is 1. The van der Waals surface area contributed by atoms with Crippen LogP contribution in [0.3, 0.4) is 0 Å². The Bertz CT molecular complexity index is 335. The zero-order valence-corrected chi connectivity index (χ0v) is 8.55. The van der Waals surface area contributed by atoms with Crippen LogP contribution in [0.15, 0.2) is 0 Å². The molecule has 1 fully saturated rings. The van der Waals surface area contributed by atoms with Gasteiger partial charge in [-0.15, -0.1) is 10.2 Å². The van der Waals surface area contributed by atoms with Crippen LogP contribution in [0.1, 0.15) is 24.0 Å². The van der Waals surface area contributed by atoms with Crippen LogP contribution in [0.2, 0.25) is 0 Å². The SMILES string of the molecule is CC(N)C1CCN(C(=O)c2nn[nH]n2)C1. The Labute approximate surface area is 87.0 Å². The molecule has 7 heteroatoms. The van der Waals surface area contributed by atoms with E-state index in [0.717, 1.165) is 13.0 Å². The maximum atomic E-state index is 11.8. The third-order valence-corrected chi connectivity index (χ3v) is 2.79. The summed E-state index contributed by atoms with van der Waals surface area (Å²) in [6, 6.07) is 0.119. The van der Waals surface area contributed by atoms with Gasteiger partial charge in [-0.25, -0.2) is 0 Å². The number of amides is 1. The maximum Gasteiger partial charge on any atom is 0.295 e. The van der Waals surface area contributed by atoms with E-state index in [2.05, 4.69) is 20.6 Å². The van der Waals surface area contributed by atoms with E-state index >= 15 is 0 Å². The third-order valence-electron chi connectivity index (χ3n) is 2.79. The third kappa shape index (κ3) is 1.96. The number of carbonyl (C=O) groups is 1. The van der Waals surface area contributed by atoms with Crippen molar-refractivity contribution in [1.82, 2.24) is 25.5 Å². The quantitative estimate of drug-likeness (QED) is 0.652. The van der Waals surface area contributed by atoms with Gasteiger partial charge in [-0.2, -0.15) is 5.21 Å². The number of nitrogens with zero attached hydrogens (tertiary/aromatic N) is 4. The first-order chi connectivity index (χ1) is 7.18. The average Bonchev–Trinajstić information content (AvgIpc) is 2.88. The topological polar surface area (TPSA) is 101 Å². The molecule has 1 aromatic heterocycles. The summed E-state index contributed by atoms with van der Waals surface area (Å²) in [6.07, 6.45) is 0.946. The van der Waals surface area contributed by atoms with Gasteiger partial charge in [-0.05, 0) is 24.5 Å². The largest absolute Gasteiger partial charge is 0.335 e. The molecule has 0 bridgehead atoms. The fraction of sp³-hybridized carbons (Fsp3) is 0.750. The summed E-state index contributed by atoms with van der Waals surface area (Å²) in [5.41, 5.74) is 5.79. The highest BCUT2D eigenvalue weighted by Gasteiger charge is 2.30. The number of hydrogen-bond acceptors (Lipinski definition) is 5. The number of aromatic amines is 1. The molecule has 2 heterocycles. The van der Waals surface area contributed by atoms with Gasteiger partial charge in [0, 0.05) is 19.1 Å². The molecule has 1 saturated heterocycles. The average molecular weight is 210 g/mol. The molecular formula is C8H14N6O. The zero-order valence-electron chi connectivity index (χ0n) is 8.55. The Hall–Kier alpha value is -1.50. The molecule has 0 radical (unpaired) electrons. The van der Waals surface area contributed by atoms with Gasteiger partial charge in [0.1, 0.15) is 0 Å². The summed E-state index contributed by atoms with van der Waals surface area (Å²) in [5, 5.41) is 12.9. The number of likely N-dealkylation sites (tertiary alicyclic amines) is 1. The number of rotatable bonds is 2. The Kier molecular flexibility index (Phi) is 2.63. The highest BCUT2D eigenvalue weighted by molar-refractivity contribution is 5.90. The lowest BCUT2D eigenvalue weighted by molar-refractivity contribution is 0.0774. The Morgan fingerprint density at radius 2 is 2.53 bits per heavy atom. The molecule has 1 aliphatic heterocycles.